The number of benzene rings is 1. The van der Waals surface area contributed by atoms with Crippen LogP contribution in [0, 0.1) is 11.3 Å². The highest BCUT2D eigenvalue weighted by Gasteiger charge is 2.16. The van der Waals surface area contributed by atoms with Gasteiger partial charge in [-0.3, -0.25) is 9.48 Å². The number of fused-ring (bicyclic) bond motifs is 1. The SMILES string of the molecule is Cn1cc(C#N)c(NC(=O)c2coc3ccccc23)n1. The van der Waals surface area contributed by atoms with Gasteiger partial charge >= 0.3 is 0 Å². The number of amides is 1. The largest absolute Gasteiger partial charge is 0.463 e. The van der Waals surface area contributed by atoms with E-state index in [-0.39, 0.29) is 11.7 Å². The molecule has 0 bridgehead atoms. The van der Waals surface area contributed by atoms with E-state index in [0.29, 0.717) is 16.7 Å². The van der Waals surface area contributed by atoms with E-state index in [0.717, 1.165) is 5.39 Å². The van der Waals surface area contributed by atoms with Crippen LogP contribution in [0.5, 0.6) is 0 Å². The van der Waals surface area contributed by atoms with Gasteiger partial charge in [-0.15, -0.1) is 0 Å². The molecule has 1 aromatic carbocycles. The molecule has 1 N–H and O–H groups in total. The molecule has 0 unspecified atom stereocenters. The molecule has 0 aliphatic heterocycles. The zero-order chi connectivity index (χ0) is 14.1. The van der Waals surface area contributed by atoms with Crippen LogP contribution in [0.25, 0.3) is 11.0 Å². The number of carbonyl (C=O) groups is 1. The first-order valence-corrected chi connectivity index (χ1v) is 5.90. The topological polar surface area (TPSA) is 83.9 Å². The molecule has 20 heavy (non-hydrogen) atoms. The van der Waals surface area contributed by atoms with E-state index in [1.807, 2.05) is 18.2 Å². The van der Waals surface area contributed by atoms with E-state index < -0.39 is 0 Å². The Morgan fingerprint density at radius 2 is 2.25 bits per heavy atom. The van der Waals surface area contributed by atoms with E-state index in [4.69, 9.17) is 9.68 Å². The zero-order valence-electron chi connectivity index (χ0n) is 10.6. The Labute approximate surface area is 114 Å². The smallest absolute Gasteiger partial charge is 0.260 e. The third-order valence-corrected chi connectivity index (χ3v) is 2.91. The molecule has 2 heterocycles. The van der Waals surface area contributed by atoms with Gasteiger partial charge in [-0.2, -0.15) is 10.4 Å². The summed E-state index contributed by atoms with van der Waals surface area (Å²) in [6.45, 7) is 0. The quantitative estimate of drug-likeness (QED) is 0.771. The van der Waals surface area contributed by atoms with Gasteiger partial charge in [0.1, 0.15) is 23.5 Å². The van der Waals surface area contributed by atoms with Crippen LogP contribution in [-0.4, -0.2) is 15.7 Å². The number of hydrogen-bond donors (Lipinski definition) is 1. The molecule has 2 aromatic heterocycles. The number of aromatic nitrogens is 2. The summed E-state index contributed by atoms with van der Waals surface area (Å²) >= 11 is 0. The van der Waals surface area contributed by atoms with Crippen molar-refractivity contribution in [2.24, 2.45) is 7.05 Å². The fourth-order valence-electron chi connectivity index (χ4n) is 1.99. The third-order valence-electron chi connectivity index (χ3n) is 2.91. The second-order valence-corrected chi connectivity index (χ2v) is 4.28. The molecule has 0 saturated heterocycles. The number of furan rings is 1. The van der Waals surface area contributed by atoms with E-state index in [9.17, 15) is 4.79 Å². The minimum absolute atomic E-state index is 0.241. The molecule has 0 spiro atoms. The van der Waals surface area contributed by atoms with Crippen LogP contribution >= 0.6 is 0 Å². The summed E-state index contributed by atoms with van der Waals surface area (Å²) < 4.78 is 6.79. The summed E-state index contributed by atoms with van der Waals surface area (Å²) in [6, 6.07) is 9.23. The van der Waals surface area contributed by atoms with Gasteiger partial charge in [-0.05, 0) is 6.07 Å². The standard InChI is InChI=1S/C14H10N4O2/c1-18-7-9(6-15)13(17-18)16-14(19)11-8-20-12-5-3-2-4-10(11)12/h2-5,7-8H,1H3,(H,16,17,19). The molecule has 0 saturated carbocycles. The molecule has 0 fully saturated rings. The lowest BCUT2D eigenvalue weighted by Crippen LogP contribution is -2.12. The van der Waals surface area contributed by atoms with Crippen LogP contribution in [0.4, 0.5) is 5.82 Å². The Hall–Kier alpha value is -3.07. The van der Waals surface area contributed by atoms with Crippen molar-refractivity contribution in [1.82, 2.24) is 9.78 Å². The molecule has 3 aromatic rings. The van der Waals surface area contributed by atoms with Crippen molar-refractivity contribution in [3.05, 3.63) is 47.9 Å². The molecule has 6 nitrogen and oxygen atoms in total. The summed E-state index contributed by atoms with van der Waals surface area (Å²) in [6.07, 6.45) is 2.94. The van der Waals surface area contributed by atoms with Gasteiger partial charge < -0.3 is 9.73 Å². The maximum atomic E-state index is 12.2. The van der Waals surface area contributed by atoms with Gasteiger partial charge in [0, 0.05) is 18.6 Å². The highest BCUT2D eigenvalue weighted by molar-refractivity contribution is 6.12. The van der Waals surface area contributed by atoms with Crippen LogP contribution in [0.2, 0.25) is 0 Å². The van der Waals surface area contributed by atoms with Crippen molar-refractivity contribution >= 4 is 22.7 Å². The molecule has 98 valence electrons. The van der Waals surface area contributed by atoms with Crippen LogP contribution in [0.15, 0.2) is 41.1 Å². The Kier molecular flexibility index (Phi) is 2.73. The minimum atomic E-state index is -0.356. The first kappa shape index (κ1) is 12.0. The number of para-hydroxylation sites is 1. The fraction of sp³-hybridized carbons (Fsp3) is 0.0714. The predicted molar refractivity (Wildman–Crippen MR) is 72.1 cm³/mol. The van der Waals surface area contributed by atoms with Crippen LogP contribution < -0.4 is 5.32 Å². The van der Waals surface area contributed by atoms with Gasteiger partial charge in [-0.25, -0.2) is 0 Å². The van der Waals surface area contributed by atoms with Gasteiger partial charge in [0.25, 0.3) is 5.91 Å². The predicted octanol–water partition coefficient (Wildman–Crippen LogP) is 2.29. The normalized spacial score (nSPS) is 10.4. The summed E-state index contributed by atoms with van der Waals surface area (Å²) in [7, 11) is 1.68. The Morgan fingerprint density at radius 3 is 3.05 bits per heavy atom. The van der Waals surface area contributed by atoms with E-state index in [1.54, 1.807) is 25.4 Å². The number of rotatable bonds is 2. The number of anilines is 1. The molecular weight excluding hydrogens is 256 g/mol. The van der Waals surface area contributed by atoms with Crippen LogP contribution in [0.1, 0.15) is 15.9 Å². The van der Waals surface area contributed by atoms with Crippen molar-refractivity contribution in [1.29, 1.82) is 5.26 Å². The number of carbonyl (C=O) groups excluding carboxylic acids is 1. The first-order valence-electron chi connectivity index (χ1n) is 5.90. The molecule has 6 heteroatoms. The minimum Gasteiger partial charge on any atom is -0.463 e. The number of nitriles is 1. The van der Waals surface area contributed by atoms with Crippen molar-refractivity contribution < 1.29 is 9.21 Å². The lowest BCUT2D eigenvalue weighted by atomic mass is 10.1. The average molecular weight is 266 g/mol. The summed E-state index contributed by atoms with van der Waals surface area (Å²) in [4.78, 5) is 12.2. The van der Waals surface area contributed by atoms with Gasteiger partial charge in [0.2, 0.25) is 0 Å². The number of nitrogens with one attached hydrogen (secondary N) is 1. The third kappa shape index (κ3) is 1.91. The lowest BCUT2D eigenvalue weighted by Gasteiger charge is -2.00. The molecule has 1 amide bonds. The van der Waals surface area contributed by atoms with Gasteiger partial charge in [0.05, 0.1) is 5.56 Å². The van der Waals surface area contributed by atoms with Crippen molar-refractivity contribution in [2.75, 3.05) is 5.32 Å². The second kappa shape index (κ2) is 4.55. The van der Waals surface area contributed by atoms with Crippen molar-refractivity contribution in [3.8, 4) is 6.07 Å². The van der Waals surface area contributed by atoms with E-state index >= 15 is 0 Å². The van der Waals surface area contributed by atoms with E-state index in [2.05, 4.69) is 10.4 Å². The summed E-state index contributed by atoms with van der Waals surface area (Å²) in [5.74, 6) is -0.115. The van der Waals surface area contributed by atoms with Crippen LogP contribution in [-0.2, 0) is 7.05 Å². The number of nitrogens with zero attached hydrogens (tertiary/aromatic N) is 3. The number of aryl methyl sites for hydroxylation is 1. The Morgan fingerprint density at radius 1 is 1.45 bits per heavy atom. The Bertz CT molecular complexity index is 838. The monoisotopic (exact) mass is 266 g/mol. The molecule has 0 atom stereocenters. The first-order chi connectivity index (χ1) is 9.69. The molecule has 0 aliphatic carbocycles. The number of hydrogen-bond acceptors (Lipinski definition) is 4. The molecule has 3 rings (SSSR count). The average Bonchev–Trinajstić information content (AvgIpc) is 3.02. The van der Waals surface area contributed by atoms with Gasteiger partial charge in [0.15, 0.2) is 5.82 Å². The molecule has 0 aliphatic rings. The molecular formula is C14H10N4O2. The maximum Gasteiger partial charge on any atom is 0.260 e. The second-order valence-electron chi connectivity index (χ2n) is 4.28. The zero-order valence-corrected chi connectivity index (χ0v) is 10.6. The maximum absolute atomic E-state index is 12.2. The fourth-order valence-corrected chi connectivity index (χ4v) is 1.99. The molecule has 0 radical (unpaired) electrons. The van der Waals surface area contributed by atoms with Crippen molar-refractivity contribution in [3.63, 3.8) is 0 Å². The summed E-state index contributed by atoms with van der Waals surface area (Å²) in [5, 5.41) is 16.4. The van der Waals surface area contributed by atoms with Crippen molar-refractivity contribution in [2.45, 2.75) is 0 Å². The highest BCUT2D eigenvalue weighted by atomic mass is 16.3. The summed E-state index contributed by atoms with van der Waals surface area (Å²) in [5.41, 5.74) is 1.36. The Balaban J connectivity index is 1.95. The highest BCUT2D eigenvalue weighted by Crippen LogP contribution is 2.22. The lowest BCUT2D eigenvalue weighted by molar-refractivity contribution is 0.102. The van der Waals surface area contributed by atoms with Gasteiger partial charge in [-0.1, -0.05) is 18.2 Å². The van der Waals surface area contributed by atoms with Crippen LogP contribution in [0.3, 0.4) is 0 Å². The van der Waals surface area contributed by atoms with E-state index in [1.165, 1.54) is 10.9 Å².